The van der Waals surface area contributed by atoms with E-state index in [1.54, 1.807) is 24.3 Å². The Balaban J connectivity index is 1.60. The van der Waals surface area contributed by atoms with Gasteiger partial charge in [-0.2, -0.15) is 0 Å². The summed E-state index contributed by atoms with van der Waals surface area (Å²) in [5.41, 5.74) is 5.44. The van der Waals surface area contributed by atoms with E-state index in [2.05, 4.69) is 28.9 Å². The lowest BCUT2D eigenvalue weighted by atomic mass is 9.94. The molecule has 2 heterocycles. The number of nitrogens with zero attached hydrogens (tertiary/aromatic N) is 2. The zero-order valence-corrected chi connectivity index (χ0v) is 19.3. The topological polar surface area (TPSA) is 60.1 Å². The van der Waals surface area contributed by atoms with Crippen LogP contribution in [0.3, 0.4) is 0 Å². The average molecular weight is 458 g/mol. The highest BCUT2D eigenvalue weighted by atomic mass is 19.1. The fraction of sp³-hybridized carbons (Fsp3) is 0.286. The summed E-state index contributed by atoms with van der Waals surface area (Å²) in [6.07, 6.45) is 10.1. The molecule has 5 nitrogen and oxygen atoms in total. The van der Waals surface area contributed by atoms with E-state index < -0.39 is 0 Å². The van der Waals surface area contributed by atoms with Gasteiger partial charge in [-0.1, -0.05) is 38.3 Å². The first kappa shape index (κ1) is 22.1. The third-order valence-electron chi connectivity index (χ3n) is 6.64. The lowest BCUT2D eigenvalue weighted by Crippen LogP contribution is -2.14. The molecule has 4 aromatic rings. The van der Waals surface area contributed by atoms with Gasteiger partial charge in [-0.25, -0.2) is 9.37 Å². The molecule has 2 aromatic carbocycles. The monoisotopic (exact) mass is 457 g/mol. The van der Waals surface area contributed by atoms with Gasteiger partial charge < -0.3 is 14.3 Å². The molecule has 6 heteroatoms. The van der Waals surface area contributed by atoms with Gasteiger partial charge in [-0.3, -0.25) is 4.79 Å². The highest BCUT2D eigenvalue weighted by Gasteiger charge is 2.23. The number of benzene rings is 2. The van der Waals surface area contributed by atoms with E-state index in [9.17, 15) is 9.18 Å². The molecule has 5 rings (SSSR count). The van der Waals surface area contributed by atoms with Crippen molar-refractivity contribution in [1.82, 2.24) is 9.55 Å². The second-order valence-corrected chi connectivity index (χ2v) is 8.80. The molecular formula is C28H28FN3O2. The molecule has 1 N–H and O–H groups in total. The summed E-state index contributed by atoms with van der Waals surface area (Å²) in [4.78, 5) is 17.5. The van der Waals surface area contributed by atoms with Crippen molar-refractivity contribution in [3.63, 3.8) is 0 Å². The fourth-order valence-corrected chi connectivity index (χ4v) is 4.84. The first-order valence-electron chi connectivity index (χ1n) is 11.9. The van der Waals surface area contributed by atoms with E-state index in [4.69, 9.17) is 9.40 Å². The van der Waals surface area contributed by atoms with Crippen LogP contribution < -0.4 is 5.32 Å². The number of carbonyl (C=O) groups excluding carboxylic acids is 1. The first-order chi connectivity index (χ1) is 16.6. The van der Waals surface area contributed by atoms with Gasteiger partial charge in [-0.05, 0) is 67.3 Å². The number of aryl methyl sites for hydroxylation is 1. The zero-order chi connectivity index (χ0) is 23.5. The Kier molecular flexibility index (Phi) is 6.30. The lowest BCUT2D eigenvalue weighted by Gasteiger charge is -2.25. The predicted molar refractivity (Wildman–Crippen MR) is 131 cm³/mol. The summed E-state index contributed by atoms with van der Waals surface area (Å²) < 4.78 is 21.2. The number of imidazole rings is 1. The number of rotatable bonds is 6. The molecule has 1 aliphatic carbocycles. The molecule has 0 saturated heterocycles. The van der Waals surface area contributed by atoms with Gasteiger partial charge in [0.25, 0.3) is 5.91 Å². The maximum Gasteiger partial charge on any atom is 0.291 e. The Morgan fingerprint density at radius 2 is 1.85 bits per heavy atom. The molecule has 1 fully saturated rings. The molecule has 0 aliphatic heterocycles. The molecule has 0 atom stereocenters. The molecule has 34 heavy (non-hydrogen) atoms. The van der Waals surface area contributed by atoms with Crippen LogP contribution in [0.25, 0.3) is 22.5 Å². The Hall–Kier alpha value is -3.67. The molecule has 0 radical (unpaired) electrons. The zero-order valence-electron chi connectivity index (χ0n) is 19.3. The van der Waals surface area contributed by atoms with E-state index in [0.717, 1.165) is 53.0 Å². The molecule has 174 valence electrons. The maximum atomic E-state index is 13.6. The fourth-order valence-electron chi connectivity index (χ4n) is 4.84. The smallest absolute Gasteiger partial charge is 0.291 e. The number of hydrogen-bond acceptors (Lipinski definition) is 3. The molecule has 0 bridgehead atoms. The van der Waals surface area contributed by atoms with Crippen molar-refractivity contribution in [3.05, 3.63) is 84.3 Å². The summed E-state index contributed by atoms with van der Waals surface area (Å²) in [5.74, 6) is -0.282. The highest BCUT2D eigenvalue weighted by molar-refractivity contribution is 6.03. The summed E-state index contributed by atoms with van der Waals surface area (Å²) in [6, 6.07) is 16.4. The van der Waals surface area contributed by atoms with Crippen LogP contribution in [0.5, 0.6) is 0 Å². The van der Waals surface area contributed by atoms with E-state index in [1.165, 1.54) is 37.7 Å². The number of nitrogens with one attached hydrogen (secondary N) is 1. The summed E-state index contributed by atoms with van der Waals surface area (Å²) in [7, 11) is 0. The maximum absolute atomic E-state index is 13.6. The molecule has 2 aromatic heterocycles. The minimum Gasteiger partial charge on any atom is -0.459 e. The quantitative estimate of drug-likeness (QED) is 0.331. The minimum atomic E-state index is -0.281. The van der Waals surface area contributed by atoms with Crippen LogP contribution in [0.2, 0.25) is 0 Å². The number of anilines is 1. The van der Waals surface area contributed by atoms with Crippen LogP contribution in [0.15, 0.2) is 71.6 Å². The van der Waals surface area contributed by atoms with E-state index in [-0.39, 0.29) is 17.5 Å². The number of carbonyl (C=O) groups is 1. The van der Waals surface area contributed by atoms with Gasteiger partial charge in [0.1, 0.15) is 5.82 Å². The van der Waals surface area contributed by atoms with E-state index in [1.807, 2.05) is 12.4 Å². The standard InChI is InChI=1S/C28H28FN3O2/c1-2-19-10-11-21(17-24(19)31-28(33)25-9-6-16-34-25)27-26(20-12-14-22(29)15-13-20)30-18-32(27)23-7-4-3-5-8-23/h6,9-18,23H,2-5,7-8H2,1H3,(H,31,33). The van der Waals surface area contributed by atoms with Crippen LogP contribution in [0, 0.1) is 5.82 Å². The Morgan fingerprint density at radius 3 is 2.56 bits per heavy atom. The second kappa shape index (κ2) is 9.67. The summed E-state index contributed by atoms with van der Waals surface area (Å²) in [6.45, 7) is 2.06. The number of amides is 1. The van der Waals surface area contributed by atoms with Gasteiger partial charge in [0, 0.05) is 22.9 Å². The Morgan fingerprint density at radius 1 is 1.09 bits per heavy atom. The predicted octanol–water partition coefficient (Wildman–Crippen LogP) is 7.27. The van der Waals surface area contributed by atoms with Crippen molar-refractivity contribution in [2.45, 2.75) is 51.5 Å². The highest BCUT2D eigenvalue weighted by Crippen LogP contribution is 2.39. The first-order valence-corrected chi connectivity index (χ1v) is 11.9. The van der Waals surface area contributed by atoms with Crippen LogP contribution in [-0.4, -0.2) is 15.5 Å². The normalized spacial score (nSPS) is 14.3. The molecule has 1 amide bonds. The van der Waals surface area contributed by atoms with Gasteiger partial charge in [-0.15, -0.1) is 0 Å². The van der Waals surface area contributed by atoms with Crippen LogP contribution in [0.4, 0.5) is 10.1 Å². The van der Waals surface area contributed by atoms with Gasteiger partial charge in [0.05, 0.1) is 24.0 Å². The molecule has 1 saturated carbocycles. The van der Waals surface area contributed by atoms with Crippen LogP contribution in [-0.2, 0) is 6.42 Å². The molecule has 1 aliphatic rings. The SMILES string of the molecule is CCc1ccc(-c2c(-c3ccc(F)cc3)ncn2C2CCCCC2)cc1NC(=O)c1ccco1. The van der Waals surface area contributed by atoms with E-state index >= 15 is 0 Å². The van der Waals surface area contributed by atoms with E-state index in [0.29, 0.717) is 6.04 Å². The van der Waals surface area contributed by atoms with Crippen LogP contribution in [0.1, 0.15) is 61.2 Å². The average Bonchev–Trinajstić information content (AvgIpc) is 3.56. The molecular weight excluding hydrogens is 429 g/mol. The van der Waals surface area contributed by atoms with Crippen molar-refractivity contribution in [3.8, 4) is 22.5 Å². The number of halogens is 1. The van der Waals surface area contributed by atoms with Crippen molar-refractivity contribution in [2.24, 2.45) is 0 Å². The van der Waals surface area contributed by atoms with Gasteiger partial charge >= 0.3 is 0 Å². The van der Waals surface area contributed by atoms with Crippen molar-refractivity contribution in [1.29, 1.82) is 0 Å². The summed E-state index contributed by atoms with van der Waals surface area (Å²) >= 11 is 0. The number of aromatic nitrogens is 2. The third kappa shape index (κ3) is 4.40. The van der Waals surface area contributed by atoms with Gasteiger partial charge in [0.2, 0.25) is 0 Å². The Bertz CT molecular complexity index is 1270. The van der Waals surface area contributed by atoms with Crippen molar-refractivity contribution < 1.29 is 13.6 Å². The van der Waals surface area contributed by atoms with Gasteiger partial charge in [0.15, 0.2) is 5.76 Å². The second-order valence-electron chi connectivity index (χ2n) is 8.80. The number of hydrogen-bond donors (Lipinski definition) is 1. The largest absolute Gasteiger partial charge is 0.459 e. The third-order valence-corrected chi connectivity index (χ3v) is 6.64. The lowest BCUT2D eigenvalue weighted by molar-refractivity contribution is 0.0996. The van der Waals surface area contributed by atoms with Crippen molar-refractivity contribution in [2.75, 3.05) is 5.32 Å². The Labute approximate surface area is 198 Å². The molecule has 0 unspecified atom stereocenters. The minimum absolute atomic E-state index is 0.270. The molecule has 0 spiro atoms. The number of furan rings is 1. The van der Waals surface area contributed by atoms with Crippen molar-refractivity contribution >= 4 is 11.6 Å². The van der Waals surface area contributed by atoms with Crippen LogP contribution >= 0.6 is 0 Å². The summed E-state index contributed by atoms with van der Waals surface area (Å²) in [5, 5.41) is 3.02.